The fraction of sp³-hybridized carbons (Fsp3) is 0.500. The minimum absolute atomic E-state index is 0.0499. The van der Waals surface area contributed by atoms with Gasteiger partial charge < -0.3 is 15.0 Å². The van der Waals surface area contributed by atoms with Crippen LogP contribution in [0.5, 0.6) is 5.75 Å². The largest absolute Gasteiger partial charge is 0.494 e. The number of hydrogen-bond acceptors (Lipinski definition) is 6. The van der Waals surface area contributed by atoms with Crippen molar-refractivity contribution in [1.29, 1.82) is 0 Å². The predicted molar refractivity (Wildman–Crippen MR) is 97.0 cm³/mol. The van der Waals surface area contributed by atoms with Gasteiger partial charge in [0.2, 0.25) is 0 Å². The van der Waals surface area contributed by atoms with Crippen LogP contribution in [0.15, 0.2) is 23.3 Å². The number of ether oxygens (including phenoxy) is 1. The van der Waals surface area contributed by atoms with E-state index in [-0.39, 0.29) is 5.41 Å². The monoisotopic (exact) mass is 340 g/mol. The van der Waals surface area contributed by atoms with Crippen molar-refractivity contribution in [2.24, 2.45) is 4.99 Å². The van der Waals surface area contributed by atoms with E-state index < -0.39 is 0 Å². The molecule has 1 saturated carbocycles. The lowest BCUT2D eigenvalue weighted by Crippen LogP contribution is -2.45. The highest BCUT2D eigenvalue weighted by atomic mass is 16.5. The topological polar surface area (TPSA) is 67.6 Å². The van der Waals surface area contributed by atoms with Crippen molar-refractivity contribution < 1.29 is 4.74 Å². The molecule has 0 bridgehead atoms. The molecule has 4 rings (SSSR count). The van der Waals surface area contributed by atoms with Gasteiger partial charge in [0.25, 0.3) is 0 Å². The van der Waals surface area contributed by atoms with E-state index in [1.54, 1.807) is 11.8 Å². The van der Waals surface area contributed by atoms with Crippen molar-refractivity contribution in [3.63, 3.8) is 0 Å². The zero-order valence-electron chi connectivity index (χ0n) is 15.2. The summed E-state index contributed by atoms with van der Waals surface area (Å²) in [4.78, 5) is 6.91. The number of nitrogens with one attached hydrogen (secondary N) is 1. The number of aromatic nitrogens is 3. The first-order valence-corrected chi connectivity index (χ1v) is 8.63. The average Bonchev–Trinajstić information content (AvgIpc) is 3.13. The third kappa shape index (κ3) is 2.41. The lowest BCUT2D eigenvalue weighted by molar-refractivity contribution is 0.338. The maximum atomic E-state index is 5.68. The number of amidine groups is 1. The molecule has 2 aromatic rings. The molecule has 7 heteroatoms. The summed E-state index contributed by atoms with van der Waals surface area (Å²) in [5, 5.41) is 11.8. The third-order valence-electron chi connectivity index (χ3n) is 5.21. The minimum atomic E-state index is 0.0499. The molecule has 1 aliphatic carbocycles. The molecule has 132 valence electrons. The second-order valence-electron chi connectivity index (χ2n) is 7.08. The molecule has 2 aliphatic rings. The summed E-state index contributed by atoms with van der Waals surface area (Å²) in [5.74, 6) is 1.87. The summed E-state index contributed by atoms with van der Waals surface area (Å²) in [6, 6.07) is 4.19. The number of hydrogen-bond donors (Lipinski definition) is 1. The van der Waals surface area contributed by atoms with Crippen molar-refractivity contribution in [3.05, 3.63) is 29.6 Å². The lowest BCUT2D eigenvalue weighted by atomic mass is 9.64. The summed E-state index contributed by atoms with van der Waals surface area (Å²) in [6.07, 6.45) is 5.46. The van der Waals surface area contributed by atoms with E-state index >= 15 is 0 Å². The van der Waals surface area contributed by atoms with Crippen molar-refractivity contribution >= 4 is 11.5 Å². The van der Waals surface area contributed by atoms with Crippen molar-refractivity contribution in [3.8, 4) is 11.4 Å². The quantitative estimate of drug-likeness (QED) is 0.922. The van der Waals surface area contributed by atoms with Crippen LogP contribution in [0.3, 0.4) is 0 Å². The molecule has 1 aliphatic heterocycles. The Hall–Kier alpha value is -2.41. The second-order valence-corrected chi connectivity index (χ2v) is 7.08. The van der Waals surface area contributed by atoms with Crippen LogP contribution in [0.2, 0.25) is 0 Å². The highest BCUT2D eigenvalue weighted by molar-refractivity contribution is 6.01. The number of rotatable bonds is 4. The number of benzene rings is 1. The van der Waals surface area contributed by atoms with Crippen LogP contribution in [0.1, 0.15) is 30.5 Å². The maximum Gasteiger partial charge on any atom is 0.145 e. The summed E-state index contributed by atoms with van der Waals surface area (Å²) >= 11 is 0. The van der Waals surface area contributed by atoms with Gasteiger partial charge >= 0.3 is 0 Å². The maximum absolute atomic E-state index is 5.68. The summed E-state index contributed by atoms with van der Waals surface area (Å²) in [6.45, 7) is 0.748. The van der Waals surface area contributed by atoms with E-state index in [1.165, 1.54) is 12.0 Å². The molecule has 1 spiro atoms. The molecule has 25 heavy (non-hydrogen) atoms. The number of likely N-dealkylation sites (N-methyl/N-ethyl adjacent to an activating group) is 1. The molecule has 0 saturated heterocycles. The van der Waals surface area contributed by atoms with Gasteiger partial charge in [0, 0.05) is 13.6 Å². The Balaban J connectivity index is 1.78. The van der Waals surface area contributed by atoms with Gasteiger partial charge in [-0.25, -0.2) is 9.67 Å². The lowest BCUT2D eigenvalue weighted by Gasteiger charge is -2.40. The molecule has 0 radical (unpaired) electrons. The van der Waals surface area contributed by atoms with Gasteiger partial charge in [0.05, 0.1) is 30.1 Å². The highest BCUT2D eigenvalue weighted by Gasteiger charge is 2.48. The fourth-order valence-electron chi connectivity index (χ4n) is 3.87. The first-order valence-electron chi connectivity index (χ1n) is 8.63. The van der Waals surface area contributed by atoms with E-state index in [9.17, 15) is 0 Å². The normalized spacial score (nSPS) is 17.4. The zero-order valence-corrected chi connectivity index (χ0v) is 15.2. The van der Waals surface area contributed by atoms with Crippen LogP contribution in [-0.4, -0.2) is 54.0 Å². The standard InChI is InChI=1S/C18H24N6O/c1-19-17-18(6-5-7-18)13-8-16(25-4)15(9-14(13)20-17)24-11-12(21-22-24)10-23(2)3/h8-9,11H,5-7,10H2,1-4H3,(H,19,20). The number of nitrogens with zero attached hydrogens (tertiary/aromatic N) is 5. The molecule has 1 fully saturated rings. The molecule has 0 amide bonds. The molecule has 0 atom stereocenters. The zero-order chi connectivity index (χ0) is 17.6. The molecule has 0 unspecified atom stereocenters. The fourth-order valence-corrected chi connectivity index (χ4v) is 3.87. The third-order valence-corrected chi connectivity index (χ3v) is 5.21. The Morgan fingerprint density at radius 3 is 2.72 bits per heavy atom. The average molecular weight is 340 g/mol. The molecule has 1 aromatic heterocycles. The van der Waals surface area contributed by atoms with Gasteiger partial charge in [0.15, 0.2) is 0 Å². The number of fused-ring (bicyclic) bond motifs is 2. The van der Waals surface area contributed by atoms with E-state index in [4.69, 9.17) is 9.73 Å². The van der Waals surface area contributed by atoms with Crippen LogP contribution in [0, 0.1) is 0 Å². The summed E-state index contributed by atoms with van der Waals surface area (Å²) in [5.41, 5.74) is 4.10. The van der Waals surface area contributed by atoms with Crippen molar-refractivity contribution in [1.82, 2.24) is 25.2 Å². The van der Waals surface area contributed by atoms with E-state index in [1.807, 2.05) is 27.3 Å². The Kier molecular flexibility index (Phi) is 3.76. The Labute approximate surface area is 147 Å². The molecule has 2 heterocycles. The smallest absolute Gasteiger partial charge is 0.145 e. The number of aliphatic imine (C=N–C) groups is 1. The predicted octanol–water partition coefficient (Wildman–Crippen LogP) is 2.02. The Morgan fingerprint density at radius 2 is 2.12 bits per heavy atom. The van der Waals surface area contributed by atoms with Crippen LogP contribution in [0.4, 0.5) is 5.69 Å². The van der Waals surface area contributed by atoms with Gasteiger partial charge in [-0.1, -0.05) is 11.6 Å². The van der Waals surface area contributed by atoms with Gasteiger partial charge in [-0.2, -0.15) is 0 Å². The molecular weight excluding hydrogens is 316 g/mol. The van der Waals surface area contributed by atoms with Gasteiger partial charge in [-0.15, -0.1) is 5.10 Å². The first kappa shape index (κ1) is 16.1. The molecular formula is C18H24N6O. The highest BCUT2D eigenvalue weighted by Crippen LogP contribution is 2.53. The van der Waals surface area contributed by atoms with Gasteiger partial charge in [-0.05, 0) is 44.6 Å². The SMILES string of the molecule is CNC1=Nc2cc(-n3cc(CN(C)C)nn3)c(OC)cc2C12CCC2. The van der Waals surface area contributed by atoms with E-state index in [0.717, 1.165) is 48.0 Å². The van der Waals surface area contributed by atoms with Crippen LogP contribution < -0.4 is 10.1 Å². The Bertz CT molecular complexity index is 834. The van der Waals surface area contributed by atoms with Gasteiger partial charge in [0.1, 0.15) is 17.3 Å². The van der Waals surface area contributed by atoms with Crippen molar-refractivity contribution in [2.45, 2.75) is 31.2 Å². The minimum Gasteiger partial charge on any atom is -0.494 e. The van der Waals surface area contributed by atoms with Crippen LogP contribution >= 0.6 is 0 Å². The molecule has 1 N–H and O–H groups in total. The Morgan fingerprint density at radius 1 is 1.32 bits per heavy atom. The second kappa shape index (κ2) is 5.84. The van der Waals surface area contributed by atoms with Gasteiger partial charge in [-0.3, -0.25) is 0 Å². The summed E-state index contributed by atoms with van der Waals surface area (Å²) in [7, 11) is 7.68. The van der Waals surface area contributed by atoms with Crippen LogP contribution in [0.25, 0.3) is 5.69 Å². The summed E-state index contributed by atoms with van der Waals surface area (Å²) < 4.78 is 7.45. The van der Waals surface area contributed by atoms with Crippen LogP contribution in [-0.2, 0) is 12.0 Å². The molecule has 1 aromatic carbocycles. The number of methoxy groups -OCH3 is 1. The first-order chi connectivity index (χ1) is 12.1. The van der Waals surface area contributed by atoms with Crippen molar-refractivity contribution in [2.75, 3.05) is 28.3 Å². The molecule has 7 nitrogen and oxygen atoms in total. The van der Waals surface area contributed by atoms with E-state index in [2.05, 4.69) is 32.7 Å². The van der Waals surface area contributed by atoms with E-state index in [0.29, 0.717) is 0 Å².